The van der Waals surface area contributed by atoms with Crippen LogP contribution in [-0.4, -0.2) is 51.9 Å². The molecule has 2 atom stereocenters. The molecule has 0 aromatic carbocycles. The fourth-order valence-electron chi connectivity index (χ4n) is 3.32. The summed E-state index contributed by atoms with van der Waals surface area (Å²) >= 11 is 1.81. The van der Waals surface area contributed by atoms with Crippen LogP contribution in [0.5, 0.6) is 0 Å². The molecule has 0 aromatic rings. The Balaban J connectivity index is 1.74. The van der Waals surface area contributed by atoms with Crippen molar-refractivity contribution in [3.05, 3.63) is 0 Å². The quantitative estimate of drug-likeness (QED) is 0.800. The predicted octanol–water partition coefficient (Wildman–Crippen LogP) is 2.33. The topological polar surface area (TPSA) is 40.6 Å². The molecule has 0 N–H and O–H groups in total. The molecule has 2 saturated heterocycles. The van der Waals surface area contributed by atoms with Gasteiger partial charge in [0.15, 0.2) is 0 Å². The van der Waals surface area contributed by atoms with E-state index in [0.29, 0.717) is 5.92 Å². The first-order valence-corrected chi connectivity index (χ1v) is 9.35. The van der Waals surface area contributed by atoms with Crippen LogP contribution in [0.4, 0.5) is 0 Å². The van der Waals surface area contributed by atoms with Gasteiger partial charge < -0.3 is 9.80 Å². The van der Waals surface area contributed by atoms with E-state index < -0.39 is 0 Å². The third-order valence-corrected chi connectivity index (χ3v) is 5.96. The minimum atomic E-state index is -0.204. The van der Waals surface area contributed by atoms with Crippen LogP contribution >= 0.6 is 11.8 Å². The standard InChI is InChI=1S/C16H26N2O2S/c1-11(2)9-14-18(15(19)12-5-6-12)13(10-21-14)16(20)17-7-3-4-8-17/h11-14H,3-10H2,1-2H3. The summed E-state index contributed by atoms with van der Waals surface area (Å²) in [4.78, 5) is 29.4. The Labute approximate surface area is 131 Å². The van der Waals surface area contributed by atoms with Gasteiger partial charge in [-0.15, -0.1) is 11.8 Å². The molecule has 1 saturated carbocycles. The molecule has 3 rings (SSSR count). The smallest absolute Gasteiger partial charge is 0.246 e. The van der Waals surface area contributed by atoms with Gasteiger partial charge >= 0.3 is 0 Å². The molecule has 118 valence electrons. The number of carbonyl (C=O) groups is 2. The van der Waals surface area contributed by atoms with E-state index in [9.17, 15) is 9.59 Å². The molecule has 2 unspecified atom stereocenters. The van der Waals surface area contributed by atoms with Gasteiger partial charge in [-0.25, -0.2) is 0 Å². The van der Waals surface area contributed by atoms with Crippen molar-refractivity contribution in [2.75, 3.05) is 18.8 Å². The fraction of sp³-hybridized carbons (Fsp3) is 0.875. The highest BCUT2D eigenvalue weighted by atomic mass is 32.2. The summed E-state index contributed by atoms with van der Waals surface area (Å²) in [5.41, 5.74) is 0. The van der Waals surface area contributed by atoms with Crippen LogP contribution in [0.25, 0.3) is 0 Å². The highest BCUT2D eigenvalue weighted by molar-refractivity contribution is 8.00. The molecule has 2 aliphatic heterocycles. The van der Waals surface area contributed by atoms with Crippen molar-refractivity contribution in [2.24, 2.45) is 11.8 Å². The Morgan fingerprint density at radius 1 is 1.14 bits per heavy atom. The SMILES string of the molecule is CC(C)CC1SCC(C(=O)N2CCCC2)N1C(=O)C1CC1. The molecule has 21 heavy (non-hydrogen) atoms. The first-order chi connectivity index (χ1) is 10.1. The van der Waals surface area contributed by atoms with Crippen molar-refractivity contribution in [3.63, 3.8) is 0 Å². The van der Waals surface area contributed by atoms with Gasteiger partial charge in [0.25, 0.3) is 0 Å². The zero-order valence-electron chi connectivity index (χ0n) is 13.1. The highest BCUT2D eigenvalue weighted by Crippen LogP contribution is 2.40. The van der Waals surface area contributed by atoms with Crippen LogP contribution in [0.1, 0.15) is 46.0 Å². The average Bonchev–Trinajstić information content (AvgIpc) is 2.99. The summed E-state index contributed by atoms with van der Waals surface area (Å²) in [5.74, 6) is 1.97. The second kappa shape index (κ2) is 6.19. The molecule has 0 spiro atoms. The Morgan fingerprint density at radius 2 is 1.81 bits per heavy atom. The van der Waals surface area contributed by atoms with Crippen molar-refractivity contribution in [3.8, 4) is 0 Å². The van der Waals surface area contributed by atoms with Gasteiger partial charge in [-0.3, -0.25) is 9.59 Å². The zero-order chi connectivity index (χ0) is 15.0. The maximum Gasteiger partial charge on any atom is 0.246 e. The van der Waals surface area contributed by atoms with Crippen molar-refractivity contribution in [2.45, 2.75) is 57.4 Å². The third kappa shape index (κ3) is 3.22. The van der Waals surface area contributed by atoms with Gasteiger partial charge in [-0.1, -0.05) is 13.8 Å². The summed E-state index contributed by atoms with van der Waals surface area (Å²) in [7, 11) is 0. The number of amides is 2. The van der Waals surface area contributed by atoms with E-state index in [1.807, 2.05) is 9.80 Å². The van der Waals surface area contributed by atoms with Gasteiger partial charge in [0.1, 0.15) is 6.04 Å². The average molecular weight is 310 g/mol. The maximum absolute atomic E-state index is 12.8. The number of hydrogen-bond donors (Lipinski definition) is 0. The van der Waals surface area contributed by atoms with Crippen LogP contribution in [0.15, 0.2) is 0 Å². The van der Waals surface area contributed by atoms with Gasteiger partial charge in [0.05, 0.1) is 5.37 Å². The monoisotopic (exact) mass is 310 g/mol. The largest absolute Gasteiger partial charge is 0.341 e. The van der Waals surface area contributed by atoms with Crippen LogP contribution in [0.2, 0.25) is 0 Å². The Hall–Kier alpha value is -0.710. The summed E-state index contributed by atoms with van der Waals surface area (Å²) in [6.07, 6.45) is 5.24. The number of thioether (sulfide) groups is 1. The molecule has 2 amide bonds. The molecule has 4 nitrogen and oxygen atoms in total. The Kier molecular flexibility index (Phi) is 4.48. The molecule has 5 heteroatoms. The minimum absolute atomic E-state index is 0.195. The normalized spacial score (nSPS) is 29.5. The lowest BCUT2D eigenvalue weighted by Crippen LogP contribution is -2.51. The lowest BCUT2D eigenvalue weighted by atomic mass is 10.1. The Morgan fingerprint density at radius 3 is 2.38 bits per heavy atom. The van der Waals surface area contributed by atoms with Crippen LogP contribution < -0.4 is 0 Å². The lowest BCUT2D eigenvalue weighted by Gasteiger charge is -2.32. The molecular formula is C16H26N2O2S. The van der Waals surface area contributed by atoms with Crippen LogP contribution in [0, 0.1) is 11.8 Å². The van der Waals surface area contributed by atoms with E-state index in [1.165, 1.54) is 0 Å². The molecule has 2 heterocycles. The number of nitrogens with zero attached hydrogens (tertiary/aromatic N) is 2. The third-order valence-electron chi connectivity index (χ3n) is 4.65. The van der Waals surface area contributed by atoms with E-state index in [1.54, 1.807) is 11.8 Å². The minimum Gasteiger partial charge on any atom is -0.341 e. The molecule has 0 bridgehead atoms. The molecule has 0 aromatic heterocycles. The van der Waals surface area contributed by atoms with Crippen LogP contribution in [-0.2, 0) is 9.59 Å². The van der Waals surface area contributed by atoms with E-state index >= 15 is 0 Å². The van der Waals surface area contributed by atoms with E-state index in [0.717, 1.165) is 50.9 Å². The predicted molar refractivity (Wildman–Crippen MR) is 84.9 cm³/mol. The van der Waals surface area contributed by atoms with Crippen molar-refractivity contribution in [1.82, 2.24) is 9.80 Å². The zero-order valence-corrected chi connectivity index (χ0v) is 13.9. The van der Waals surface area contributed by atoms with Gasteiger partial charge in [-0.05, 0) is 38.0 Å². The molecule has 0 radical (unpaired) electrons. The van der Waals surface area contributed by atoms with Gasteiger partial charge in [-0.2, -0.15) is 0 Å². The van der Waals surface area contributed by atoms with Crippen molar-refractivity contribution < 1.29 is 9.59 Å². The van der Waals surface area contributed by atoms with E-state index in [4.69, 9.17) is 0 Å². The molecular weight excluding hydrogens is 284 g/mol. The lowest BCUT2D eigenvalue weighted by molar-refractivity contribution is -0.145. The molecule has 3 fully saturated rings. The first kappa shape index (κ1) is 15.2. The summed E-state index contributed by atoms with van der Waals surface area (Å²) in [6, 6.07) is -0.204. The number of likely N-dealkylation sites (tertiary alicyclic amines) is 1. The number of rotatable bonds is 4. The summed E-state index contributed by atoms with van der Waals surface area (Å²) in [5, 5.41) is 0.203. The molecule has 1 aliphatic carbocycles. The van der Waals surface area contributed by atoms with E-state index in [2.05, 4.69) is 13.8 Å². The summed E-state index contributed by atoms with van der Waals surface area (Å²) < 4.78 is 0. The summed E-state index contributed by atoms with van der Waals surface area (Å²) in [6.45, 7) is 6.13. The second-order valence-corrected chi connectivity index (χ2v) is 8.20. The number of carbonyl (C=O) groups excluding carboxylic acids is 2. The van der Waals surface area contributed by atoms with E-state index in [-0.39, 0.29) is 29.1 Å². The highest BCUT2D eigenvalue weighted by Gasteiger charge is 2.47. The maximum atomic E-state index is 12.8. The fourth-order valence-corrected chi connectivity index (χ4v) is 4.96. The van der Waals surface area contributed by atoms with Crippen LogP contribution in [0.3, 0.4) is 0 Å². The molecule has 3 aliphatic rings. The second-order valence-electron chi connectivity index (χ2n) is 6.99. The first-order valence-electron chi connectivity index (χ1n) is 8.30. The Bertz CT molecular complexity index is 417. The number of hydrogen-bond acceptors (Lipinski definition) is 3. The van der Waals surface area contributed by atoms with Gasteiger partial charge in [0.2, 0.25) is 11.8 Å². The van der Waals surface area contributed by atoms with Crippen molar-refractivity contribution >= 4 is 23.6 Å². The van der Waals surface area contributed by atoms with Crippen molar-refractivity contribution in [1.29, 1.82) is 0 Å². The van der Waals surface area contributed by atoms with Gasteiger partial charge in [0, 0.05) is 24.8 Å².